The van der Waals surface area contributed by atoms with E-state index >= 15 is 0 Å². The largest absolute Gasteiger partial charge is 0.339 e. The number of aromatic nitrogens is 2. The van der Waals surface area contributed by atoms with Gasteiger partial charge in [-0.3, -0.25) is 4.98 Å². The molecule has 1 N–H and O–H groups in total. The van der Waals surface area contributed by atoms with E-state index in [9.17, 15) is 0 Å². The van der Waals surface area contributed by atoms with Crippen molar-refractivity contribution in [1.29, 1.82) is 0 Å². The first-order valence-corrected chi connectivity index (χ1v) is 5.86. The van der Waals surface area contributed by atoms with Crippen LogP contribution in [-0.4, -0.2) is 17.8 Å². The lowest BCUT2D eigenvalue weighted by Crippen LogP contribution is -2.06. The first-order valence-electron chi connectivity index (χ1n) is 5.86. The van der Waals surface area contributed by atoms with Gasteiger partial charge in [-0.2, -0.15) is 0 Å². The molecule has 4 heteroatoms. The zero-order valence-electron chi connectivity index (χ0n) is 10.1. The number of nitrogens with zero attached hydrogens (tertiary/aromatic N) is 2. The summed E-state index contributed by atoms with van der Waals surface area (Å²) in [7, 11) is 2.07. The molecule has 0 saturated heterocycles. The van der Waals surface area contributed by atoms with Gasteiger partial charge < -0.3 is 5.32 Å². The molecule has 0 bridgehead atoms. The van der Waals surface area contributed by atoms with Crippen molar-refractivity contribution in [3.05, 3.63) is 54.9 Å². The summed E-state index contributed by atoms with van der Waals surface area (Å²) in [5.41, 5.74) is 3.16. The third-order valence-electron chi connectivity index (χ3n) is 2.86. The van der Waals surface area contributed by atoms with Crippen LogP contribution >= 0.6 is 0 Å². The van der Waals surface area contributed by atoms with Crippen molar-refractivity contribution in [2.75, 3.05) is 5.32 Å². The highest BCUT2D eigenvalue weighted by atomic mass is 15.0. The SMILES string of the molecule is Bc1cccc2ccc(Nc3cccnc3)nc12. The van der Waals surface area contributed by atoms with Crippen molar-refractivity contribution in [2.24, 2.45) is 0 Å². The van der Waals surface area contributed by atoms with Gasteiger partial charge in [0, 0.05) is 6.20 Å². The summed E-state index contributed by atoms with van der Waals surface area (Å²) in [6.45, 7) is 0. The maximum absolute atomic E-state index is 4.63. The van der Waals surface area contributed by atoms with Crippen LogP contribution < -0.4 is 10.8 Å². The van der Waals surface area contributed by atoms with Crippen molar-refractivity contribution < 1.29 is 0 Å². The van der Waals surface area contributed by atoms with Crippen molar-refractivity contribution >= 4 is 35.7 Å². The molecule has 0 amide bonds. The van der Waals surface area contributed by atoms with Crippen LogP contribution in [0.3, 0.4) is 0 Å². The maximum Gasteiger partial charge on any atom is 0.142 e. The van der Waals surface area contributed by atoms with Crippen molar-refractivity contribution in [1.82, 2.24) is 9.97 Å². The predicted octanol–water partition coefficient (Wildman–Crippen LogP) is 1.63. The summed E-state index contributed by atoms with van der Waals surface area (Å²) in [5.74, 6) is 0.838. The van der Waals surface area contributed by atoms with E-state index in [0.29, 0.717) is 0 Å². The predicted molar refractivity (Wildman–Crippen MR) is 77.4 cm³/mol. The molecule has 18 heavy (non-hydrogen) atoms. The Morgan fingerprint density at radius 2 is 1.94 bits per heavy atom. The second-order valence-electron chi connectivity index (χ2n) is 4.21. The van der Waals surface area contributed by atoms with Gasteiger partial charge in [0.15, 0.2) is 0 Å². The Morgan fingerprint density at radius 3 is 2.78 bits per heavy atom. The highest BCUT2D eigenvalue weighted by Crippen LogP contribution is 2.16. The summed E-state index contributed by atoms with van der Waals surface area (Å²) in [4.78, 5) is 8.70. The molecule has 0 fully saturated rings. The van der Waals surface area contributed by atoms with Gasteiger partial charge in [-0.1, -0.05) is 23.7 Å². The van der Waals surface area contributed by atoms with Crippen LogP contribution in [0.1, 0.15) is 0 Å². The summed E-state index contributed by atoms with van der Waals surface area (Å²) in [5, 5.41) is 4.41. The van der Waals surface area contributed by atoms with Crippen LogP contribution in [0.2, 0.25) is 0 Å². The Kier molecular flexibility index (Phi) is 2.69. The topological polar surface area (TPSA) is 37.8 Å². The fraction of sp³-hybridized carbons (Fsp3) is 0. The number of fused-ring (bicyclic) bond motifs is 1. The highest BCUT2D eigenvalue weighted by Gasteiger charge is 2.01. The average Bonchev–Trinajstić information content (AvgIpc) is 2.41. The van der Waals surface area contributed by atoms with Crippen LogP contribution in [-0.2, 0) is 0 Å². The minimum absolute atomic E-state index is 0.838. The van der Waals surface area contributed by atoms with Gasteiger partial charge >= 0.3 is 0 Å². The Morgan fingerprint density at radius 1 is 1.00 bits per heavy atom. The normalized spacial score (nSPS) is 10.4. The monoisotopic (exact) mass is 233 g/mol. The Hall–Kier alpha value is -2.36. The number of rotatable bonds is 2. The Balaban J connectivity index is 2.01. The lowest BCUT2D eigenvalue weighted by atomic mass is 9.93. The van der Waals surface area contributed by atoms with E-state index in [0.717, 1.165) is 22.4 Å². The zero-order valence-corrected chi connectivity index (χ0v) is 10.1. The first-order chi connectivity index (χ1) is 8.83. The zero-order chi connectivity index (χ0) is 12.4. The molecule has 0 unspecified atom stereocenters. The quantitative estimate of drug-likeness (QED) is 0.683. The number of para-hydroxylation sites is 1. The highest BCUT2D eigenvalue weighted by molar-refractivity contribution is 6.38. The van der Waals surface area contributed by atoms with Gasteiger partial charge in [-0.15, -0.1) is 0 Å². The second-order valence-corrected chi connectivity index (χ2v) is 4.21. The molecule has 0 aliphatic rings. The number of pyridine rings is 2. The van der Waals surface area contributed by atoms with Gasteiger partial charge in [0.1, 0.15) is 13.7 Å². The van der Waals surface area contributed by atoms with Crippen LogP contribution in [0.25, 0.3) is 10.9 Å². The molecule has 0 atom stereocenters. The summed E-state index contributed by atoms with van der Waals surface area (Å²) in [6, 6.07) is 14.1. The number of anilines is 2. The van der Waals surface area contributed by atoms with Crippen molar-refractivity contribution in [2.45, 2.75) is 0 Å². The first kappa shape index (κ1) is 10.8. The third-order valence-corrected chi connectivity index (χ3v) is 2.86. The number of nitrogens with one attached hydrogen (secondary N) is 1. The summed E-state index contributed by atoms with van der Waals surface area (Å²) < 4.78 is 0. The number of hydrogen-bond acceptors (Lipinski definition) is 3. The molecule has 3 nitrogen and oxygen atoms in total. The molecule has 0 radical (unpaired) electrons. The van der Waals surface area contributed by atoms with Crippen LogP contribution in [0, 0.1) is 0 Å². The molecule has 2 heterocycles. The average molecular weight is 233 g/mol. The van der Waals surface area contributed by atoms with Crippen molar-refractivity contribution in [3.8, 4) is 0 Å². The van der Waals surface area contributed by atoms with Gasteiger partial charge in [-0.25, -0.2) is 4.98 Å². The van der Waals surface area contributed by atoms with E-state index in [2.05, 4.69) is 41.3 Å². The summed E-state index contributed by atoms with van der Waals surface area (Å²) >= 11 is 0. The molecule has 3 rings (SSSR count). The molecule has 1 aromatic carbocycles. The fourth-order valence-electron chi connectivity index (χ4n) is 1.95. The molecule has 0 aliphatic heterocycles. The van der Waals surface area contributed by atoms with Crippen LogP contribution in [0.4, 0.5) is 11.5 Å². The smallest absolute Gasteiger partial charge is 0.142 e. The standard InChI is InChI=1S/C14H12BN3/c15-12-5-1-3-10-6-7-13(18-14(10)12)17-11-4-2-8-16-9-11/h1-9H,15H2,(H,17,18). The van der Waals surface area contributed by atoms with Gasteiger partial charge in [0.25, 0.3) is 0 Å². The van der Waals surface area contributed by atoms with E-state index in [1.807, 2.05) is 24.3 Å². The fourth-order valence-corrected chi connectivity index (χ4v) is 1.95. The van der Waals surface area contributed by atoms with Gasteiger partial charge in [0.05, 0.1) is 17.4 Å². The Bertz CT molecular complexity index is 683. The number of benzene rings is 1. The van der Waals surface area contributed by atoms with E-state index in [4.69, 9.17) is 0 Å². The lowest BCUT2D eigenvalue weighted by molar-refractivity contribution is 1.30. The molecule has 0 aliphatic carbocycles. The van der Waals surface area contributed by atoms with E-state index in [1.54, 1.807) is 12.4 Å². The molecule has 0 saturated carbocycles. The molecular formula is C14H12BN3. The molecule has 3 aromatic rings. The molecular weight excluding hydrogens is 221 g/mol. The molecule has 86 valence electrons. The number of hydrogen-bond donors (Lipinski definition) is 1. The molecule has 2 aromatic heterocycles. The minimum Gasteiger partial charge on any atom is -0.339 e. The molecule has 0 spiro atoms. The third kappa shape index (κ3) is 2.05. The van der Waals surface area contributed by atoms with Crippen LogP contribution in [0.5, 0.6) is 0 Å². The minimum atomic E-state index is 0.838. The summed E-state index contributed by atoms with van der Waals surface area (Å²) in [6.07, 6.45) is 3.53. The lowest BCUT2D eigenvalue weighted by Gasteiger charge is -2.07. The van der Waals surface area contributed by atoms with E-state index < -0.39 is 0 Å². The second kappa shape index (κ2) is 4.49. The van der Waals surface area contributed by atoms with Gasteiger partial charge in [-0.05, 0) is 29.7 Å². The van der Waals surface area contributed by atoms with E-state index in [1.165, 1.54) is 5.46 Å². The maximum atomic E-state index is 4.63. The van der Waals surface area contributed by atoms with E-state index in [-0.39, 0.29) is 0 Å². The van der Waals surface area contributed by atoms with Crippen molar-refractivity contribution in [3.63, 3.8) is 0 Å². The van der Waals surface area contributed by atoms with Crippen LogP contribution in [0.15, 0.2) is 54.9 Å². The Labute approximate surface area is 106 Å². The van der Waals surface area contributed by atoms with Gasteiger partial charge in [0.2, 0.25) is 0 Å².